The van der Waals surface area contributed by atoms with Crippen molar-refractivity contribution in [2.45, 2.75) is 12.8 Å². The largest absolute Gasteiger partial charge is 0.439 e. The first-order valence-electron chi connectivity index (χ1n) is 12.1. The molecule has 2 aliphatic rings. The van der Waals surface area contributed by atoms with Crippen LogP contribution in [0.1, 0.15) is 12.8 Å². The summed E-state index contributed by atoms with van der Waals surface area (Å²) in [6.45, 7) is 1.09. The lowest BCUT2D eigenvalue weighted by molar-refractivity contribution is -0.114. The van der Waals surface area contributed by atoms with Gasteiger partial charge in [-0.1, -0.05) is 30.3 Å². The molecule has 1 amide bonds. The third kappa shape index (κ3) is 6.58. The highest BCUT2D eigenvalue weighted by atomic mass is 32.2. The minimum absolute atomic E-state index is 0.105. The first-order chi connectivity index (χ1) is 18.3. The van der Waals surface area contributed by atoms with Crippen LogP contribution >= 0.6 is 12.2 Å². The van der Waals surface area contributed by atoms with Crippen LogP contribution in [-0.4, -0.2) is 72.7 Å². The summed E-state index contributed by atoms with van der Waals surface area (Å²) in [6.07, 6.45) is 4.11. The number of amides is 1. The molecule has 0 aromatic heterocycles. The third-order valence-corrected chi connectivity index (χ3v) is 7.11. The Morgan fingerprint density at radius 2 is 1.68 bits per heavy atom. The van der Waals surface area contributed by atoms with E-state index in [0.717, 1.165) is 5.69 Å². The van der Waals surface area contributed by atoms with Gasteiger partial charge in [0.1, 0.15) is 5.70 Å². The van der Waals surface area contributed by atoms with Crippen LogP contribution in [0.2, 0.25) is 0 Å². The second-order valence-corrected chi connectivity index (χ2v) is 10.5. The van der Waals surface area contributed by atoms with Gasteiger partial charge in [-0.15, -0.1) is 0 Å². The normalized spacial score (nSPS) is 17.6. The Hall–Kier alpha value is -3.29. The number of nitrogens with zero attached hydrogens (tertiary/aromatic N) is 3. The Balaban J connectivity index is 1.60. The Bertz CT molecular complexity index is 1330. The number of allylic oxidation sites excluding steroid dienone is 2. The highest BCUT2D eigenvalue weighted by Gasteiger charge is 2.38. The minimum atomic E-state index is -4.03. The van der Waals surface area contributed by atoms with Gasteiger partial charge >= 0.3 is 0 Å². The highest BCUT2D eigenvalue weighted by Crippen LogP contribution is 2.39. The molecule has 1 fully saturated rings. The number of carbonyl (C=O) groups excluding carboxylic acids is 1. The zero-order valence-electron chi connectivity index (χ0n) is 20.6. The number of aliphatic hydroxyl groups is 1. The van der Waals surface area contributed by atoms with Crippen molar-refractivity contribution in [1.82, 2.24) is 4.90 Å². The zero-order chi connectivity index (χ0) is 27.1. The molecule has 1 saturated heterocycles. The van der Waals surface area contributed by atoms with E-state index in [-0.39, 0.29) is 37.9 Å². The number of anilines is 2. The summed E-state index contributed by atoms with van der Waals surface area (Å²) in [4.78, 5) is 18.6. The number of thiocarbonyl (C=S) groups is 1. The van der Waals surface area contributed by atoms with Crippen LogP contribution in [0.25, 0.3) is 0 Å². The van der Waals surface area contributed by atoms with Crippen LogP contribution in [0.4, 0.5) is 11.4 Å². The fourth-order valence-electron chi connectivity index (χ4n) is 4.16. The fraction of sp³-hybridized carbons (Fsp3) is 0.308. The van der Waals surface area contributed by atoms with Gasteiger partial charge in [0.2, 0.25) is 5.88 Å². The van der Waals surface area contributed by atoms with E-state index in [1.54, 1.807) is 29.2 Å². The molecule has 10 nitrogen and oxygen atoms in total. The van der Waals surface area contributed by atoms with Crippen molar-refractivity contribution >= 4 is 44.7 Å². The molecule has 0 unspecified atom stereocenters. The van der Waals surface area contributed by atoms with E-state index in [0.29, 0.717) is 47.6 Å². The molecule has 2 aliphatic heterocycles. The molecule has 2 heterocycles. The predicted octanol–water partition coefficient (Wildman–Crippen LogP) is 2.92. The number of aliphatic hydroxyl groups excluding tert-OH is 1. The molecule has 2 N–H and O–H groups in total. The second kappa shape index (κ2) is 12.5. The maximum atomic E-state index is 13.5. The number of ether oxygens (including phenoxy) is 2. The summed E-state index contributed by atoms with van der Waals surface area (Å²) in [7, 11) is -4.03. The maximum absolute atomic E-state index is 13.5. The van der Waals surface area contributed by atoms with Crippen LogP contribution in [-0.2, 0) is 19.6 Å². The van der Waals surface area contributed by atoms with Gasteiger partial charge in [0, 0.05) is 19.2 Å². The van der Waals surface area contributed by atoms with Gasteiger partial charge in [-0.2, -0.15) is 8.42 Å². The molecule has 0 saturated carbocycles. The average molecular weight is 560 g/mol. The van der Waals surface area contributed by atoms with Gasteiger partial charge in [0.25, 0.3) is 16.0 Å². The fourth-order valence-corrected chi connectivity index (χ4v) is 5.10. The summed E-state index contributed by atoms with van der Waals surface area (Å²) in [5, 5.41) is 9.33. The summed E-state index contributed by atoms with van der Waals surface area (Å²) in [5.74, 6) is 0.496. The summed E-state index contributed by atoms with van der Waals surface area (Å²) in [5.41, 5.74) is 1.80. The predicted molar refractivity (Wildman–Crippen MR) is 147 cm³/mol. The summed E-state index contributed by atoms with van der Waals surface area (Å²) >= 11 is 5.66. The van der Waals surface area contributed by atoms with Crippen molar-refractivity contribution in [3.63, 3.8) is 0 Å². The van der Waals surface area contributed by atoms with Crippen molar-refractivity contribution in [3.05, 3.63) is 78.3 Å². The highest BCUT2D eigenvalue weighted by molar-refractivity contribution is 7.85. The molecular weight excluding hydrogens is 530 g/mol. The van der Waals surface area contributed by atoms with E-state index in [4.69, 9.17) is 31.4 Å². The molecule has 0 bridgehead atoms. The van der Waals surface area contributed by atoms with Gasteiger partial charge in [-0.25, -0.2) is 0 Å². The lowest BCUT2D eigenvalue weighted by Gasteiger charge is -2.20. The Morgan fingerprint density at radius 1 is 0.947 bits per heavy atom. The Kier molecular flexibility index (Phi) is 9.13. The average Bonchev–Trinajstić information content (AvgIpc) is 3.36. The molecule has 0 spiro atoms. The number of fused-ring (bicyclic) bond motifs is 1. The number of hydrogen-bond donors (Lipinski definition) is 2. The molecule has 4 rings (SSSR count). The Morgan fingerprint density at radius 3 is 2.42 bits per heavy atom. The molecule has 0 atom stereocenters. The van der Waals surface area contributed by atoms with Crippen LogP contribution < -0.4 is 14.5 Å². The van der Waals surface area contributed by atoms with Crippen LogP contribution in [0.15, 0.2) is 78.3 Å². The number of benzene rings is 2. The number of unbranched alkanes of at least 4 members (excludes halogenated alkanes) is 1. The van der Waals surface area contributed by atoms with Crippen molar-refractivity contribution in [2.24, 2.45) is 0 Å². The van der Waals surface area contributed by atoms with Gasteiger partial charge in [-0.05, 0) is 55.4 Å². The molecule has 0 radical (unpaired) electrons. The Labute approximate surface area is 227 Å². The lowest BCUT2D eigenvalue weighted by atomic mass is 10.2. The van der Waals surface area contributed by atoms with Gasteiger partial charge in [0.15, 0.2) is 10.9 Å². The van der Waals surface area contributed by atoms with Crippen LogP contribution in [0.3, 0.4) is 0 Å². The minimum Gasteiger partial charge on any atom is -0.439 e. The van der Waals surface area contributed by atoms with Crippen molar-refractivity contribution in [3.8, 4) is 5.75 Å². The molecule has 2 aromatic rings. The van der Waals surface area contributed by atoms with E-state index in [9.17, 15) is 13.2 Å². The van der Waals surface area contributed by atoms with Gasteiger partial charge in [-0.3, -0.25) is 14.2 Å². The van der Waals surface area contributed by atoms with E-state index in [1.165, 1.54) is 4.90 Å². The third-order valence-electron chi connectivity index (χ3n) is 5.90. The number of para-hydroxylation sites is 3. The van der Waals surface area contributed by atoms with E-state index < -0.39 is 10.1 Å². The zero-order valence-corrected chi connectivity index (χ0v) is 22.2. The summed E-state index contributed by atoms with van der Waals surface area (Å²) < 4.78 is 42.7. The first-order valence-corrected chi connectivity index (χ1v) is 14.1. The van der Waals surface area contributed by atoms with Crippen LogP contribution in [0.5, 0.6) is 5.75 Å². The molecule has 12 heteroatoms. The molecule has 202 valence electrons. The maximum Gasteiger partial charge on any atom is 0.281 e. The van der Waals surface area contributed by atoms with Crippen molar-refractivity contribution in [1.29, 1.82) is 0 Å². The molecular formula is C26H29N3O7S2. The standard InChI is InChI=1S/C26H29N3O7S2/c30-16-18-35-17-15-28-22(25(31)29(26(28)37)20-8-2-1-3-9-20)12-13-24-27(14-6-7-19-38(32,33)34)21-10-4-5-11-23(21)36-24/h1-5,8-13,30H,6-7,14-19H2,(H,32,33,34)/b22-12+,24-13+. The van der Waals surface area contributed by atoms with Gasteiger partial charge in [0.05, 0.1) is 36.9 Å². The summed E-state index contributed by atoms with van der Waals surface area (Å²) in [6, 6.07) is 16.6. The van der Waals surface area contributed by atoms with E-state index in [2.05, 4.69) is 0 Å². The first kappa shape index (κ1) is 27.7. The van der Waals surface area contributed by atoms with Crippen molar-refractivity contribution in [2.75, 3.05) is 48.5 Å². The second-order valence-electron chi connectivity index (χ2n) is 8.52. The van der Waals surface area contributed by atoms with Gasteiger partial charge < -0.3 is 24.4 Å². The number of hydrogen-bond acceptors (Lipinski definition) is 8. The molecule has 0 aliphatic carbocycles. The molecule has 2 aromatic carbocycles. The number of carbonyl (C=O) groups is 1. The lowest BCUT2D eigenvalue weighted by Crippen LogP contribution is -2.34. The monoisotopic (exact) mass is 559 g/mol. The van der Waals surface area contributed by atoms with Crippen molar-refractivity contribution < 1.29 is 32.3 Å². The smallest absolute Gasteiger partial charge is 0.281 e. The topological polar surface area (TPSA) is 120 Å². The molecule has 38 heavy (non-hydrogen) atoms. The quantitative estimate of drug-likeness (QED) is 0.174. The SMILES string of the molecule is O=C1/C(=C\C=C2\Oc3ccccc3N2CCCCS(=O)(=O)O)N(CCOCCO)C(=S)N1c1ccccc1. The van der Waals surface area contributed by atoms with Crippen LogP contribution in [0, 0.1) is 0 Å². The number of rotatable bonds is 12. The van der Waals surface area contributed by atoms with E-state index >= 15 is 0 Å². The van der Waals surface area contributed by atoms with E-state index in [1.807, 2.05) is 47.4 Å².